The molecule has 0 bridgehead atoms. The first-order chi connectivity index (χ1) is 15.5. The van der Waals surface area contributed by atoms with E-state index >= 15 is 0 Å². The number of fused-ring (bicyclic) bond motifs is 1. The van der Waals surface area contributed by atoms with Crippen LogP contribution in [0, 0.1) is 6.92 Å². The van der Waals surface area contributed by atoms with E-state index in [-0.39, 0.29) is 24.4 Å². The molecule has 2 unspecified atom stereocenters. The van der Waals surface area contributed by atoms with Crippen LogP contribution in [0.15, 0.2) is 30.6 Å². The van der Waals surface area contributed by atoms with E-state index < -0.39 is 0 Å². The molecule has 0 saturated carbocycles. The van der Waals surface area contributed by atoms with E-state index in [0.29, 0.717) is 36.4 Å². The van der Waals surface area contributed by atoms with Crippen LogP contribution in [0.2, 0.25) is 0 Å². The first-order valence-corrected chi connectivity index (χ1v) is 10.9. The minimum atomic E-state index is -0.315. The minimum Gasteiger partial charge on any atom is -0.487 e. The van der Waals surface area contributed by atoms with Crippen LogP contribution in [0.1, 0.15) is 29.4 Å². The monoisotopic (exact) mass is 473 g/mol. The average Bonchev–Trinajstić information content (AvgIpc) is 3.42. The highest BCUT2D eigenvalue weighted by Crippen LogP contribution is 2.25. The maximum absolute atomic E-state index is 13.1. The van der Waals surface area contributed by atoms with Crippen LogP contribution in [0.5, 0.6) is 5.75 Å². The van der Waals surface area contributed by atoms with Crippen LogP contribution in [-0.2, 0) is 4.74 Å². The van der Waals surface area contributed by atoms with Crippen molar-refractivity contribution in [1.82, 2.24) is 24.9 Å². The van der Waals surface area contributed by atoms with E-state index in [0.717, 1.165) is 43.2 Å². The number of pyridine rings is 1. The first kappa shape index (κ1) is 23.2. The Morgan fingerprint density at radius 1 is 1.30 bits per heavy atom. The third-order valence-corrected chi connectivity index (χ3v) is 5.69. The molecule has 2 aliphatic heterocycles. The lowest BCUT2D eigenvalue weighted by molar-refractivity contribution is 0.101. The predicted octanol–water partition coefficient (Wildman–Crippen LogP) is 2.07. The number of anilines is 2. The van der Waals surface area contributed by atoms with E-state index in [2.05, 4.69) is 37.6 Å². The van der Waals surface area contributed by atoms with Crippen molar-refractivity contribution in [1.29, 1.82) is 0 Å². The summed E-state index contributed by atoms with van der Waals surface area (Å²) in [6.45, 7) is 7.88. The van der Waals surface area contributed by atoms with Crippen molar-refractivity contribution in [2.75, 3.05) is 43.1 Å². The van der Waals surface area contributed by atoms with Gasteiger partial charge in [0.15, 0.2) is 11.6 Å². The largest absolute Gasteiger partial charge is 0.487 e. The van der Waals surface area contributed by atoms with Gasteiger partial charge in [-0.25, -0.2) is 4.98 Å². The standard InChI is InChI=1S/C22H27N7O3.ClH/c1-14-10-28(7-6-23-14)20-4-3-19(26-27-20)25-22(30)17-12-29-11-15(2)24-21(29)9-18(17)32-16-5-8-31-13-16;/h3-4,9,11-12,14,16,23H,5-8,10,13H2,1-2H3,(H,25,26,30);1H. The summed E-state index contributed by atoms with van der Waals surface area (Å²) in [4.78, 5) is 19.8. The van der Waals surface area contributed by atoms with Gasteiger partial charge >= 0.3 is 0 Å². The van der Waals surface area contributed by atoms with E-state index in [4.69, 9.17) is 9.47 Å². The normalized spacial score (nSPS) is 20.5. The van der Waals surface area contributed by atoms with Crippen LogP contribution in [0.4, 0.5) is 11.6 Å². The Kier molecular flexibility index (Phi) is 6.96. The number of ether oxygens (including phenoxy) is 2. The van der Waals surface area contributed by atoms with Crippen LogP contribution in [0.25, 0.3) is 5.65 Å². The second-order valence-corrected chi connectivity index (χ2v) is 8.33. The number of carbonyl (C=O) groups excluding carboxylic acids is 1. The molecular weight excluding hydrogens is 446 g/mol. The number of nitrogens with zero attached hydrogens (tertiary/aromatic N) is 5. The van der Waals surface area contributed by atoms with Crippen molar-refractivity contribution in [2.24, 2.45) is 0 Å². The summed E-state index contributed by atoms with van der Waals surface area (Å²) in [7, 11) is 0. The topological polar surface area (TPSA) is 106 Å². The maximum Gasteiger partial charge on any atom is 0.262 e. The number of imidazole rings is 1. The van der Waals surface area contributed by atoms with Gasteiger partial charge in [-0.3, -0.25) is 4.79 Å². The molecule has 0 radical (unpaired) electrons. The number of carbonyl (C=O) groups is 1. The molecule has 0 aliphatic carbocycles. The molecule has 5 heterocycles. The summed E-state index contributed by atoms with van der Waals surface area (Å²) in [6, 6.07) is 5.85. The molecule has 0 spiro atoms. The highest BCUT2D eigenvalue weighted by molar-refractivity contribution is 6.05. The Morgan fingerprint density at radius 2 is 2.18 bits per heavy atom. The van der Waals surface area contributed by atoms with Gasteiger partial charge in [-0.05, 0) is 26.0 Å². The summed E-state index contributed by atoms with van der Waals surface area (Å²) >= 11 is 0. The fourth-order valence-electron chi connectivity index (χ4n) is 4.08. The molecule has 2 saturated heterocycles. The quantitative estimate of drug-likeness (QED) is 0.580. The average molecular weight is 474 g/mol. The zero-order valence-corrected chi connectivity index (χ0v) is 19.5. The molecule has 11 heteroatoms. The maximum atomic E-state index is 13.1. The lowest BCUT2D eigenvalue weighted by Crippen LogP contribution is -2.49. The van der Waals surface area contributed by atoms with Gasteiger partial charge in [0, 0.05) is 50.6 Å². The molecule has 2 atom stereocenters. The van der Waals surface area contributed by atoms with Gasteiger partial charge in [0.2, 0.25) is 0 Å². The van der Waals surface area contributed by atoms with Crippen molar-refractivity contribution in [3.05, 3.63) is 41.9 Å². The molecule has 1 amide bonds. The first-order valence-electron chi connectivity index (χ1n) is 10.9. The molecular formula is C22H28ClN7O3. The summed E-state index contributed by atoms with van der Waals surface area (Å²) in [5.74, 6) is 1.36. The Labute approximate surface area is 198 Å². The van der Waals surface area contributed by atoms with E-state index in [1.165, 1.54) is 0 Å². The number of rotatable bonds is 5. The zero-order chi connectivity index (χ0) is 22.1. The van der Waals surface area contributed by atoms with Crippen molar-refractivity contribution in [3.63, 3.8) is 0 Å². The molecule has 3 aromatic rings. The Morgan fingerprint density at radius 3 is 2.91 bits per heavy atom. The number of amides is 1. The molecule has 2 aliphatic rings. The highest BCUT2D eigenvalue weighted by atomic mass is 35.5. The summed E-state index contributed by atoms with van der Waals surface area (Å²) in [5, 5.41) is 14.8. The fraction of sp³-hybridized carbons (Fsp3) is 0.455. The van der Waals surface area contributed by atoms with Crippen molar-refractivity contribution in [3.8, 4) is 5.75 Å². The van der Waals surface area contributed by atoms with Gasteiger partial charge in [0.05, 0.1) is 24.5 Å². The molecule has 10 nitrogen and oxygen atoms in total. The number of aryl methyl sites for hydroxylation is 1. The van der Waals surface area contributed by atoms with Crippen LogP contribution in [0.3, 0.4) is 0 Å². The predicted molar refractivity (Wildman–Crippen MR) is 127 cm³/mol. The molecule has 5 rings (SSSR count). The highest BCUT2D eigenvalue weighted by Gasteiger charge is 2.23. The van der Waals surface area contributed by atoms with Crippen molar-refractivity contribution >= 4 is 35.6 Å². The number of nitrogens with one attached hydrogen (secondary N) is 2. The minimum absolute atomic E-state index is 0. The molecule has 2 fully saturated rings. The molecule has 0 aromatic carbocycles. The third-order valence-electron chi connectivity index (χ3n) is 5.69. The number of hydrogen-bond acceptors (Lipinski definition) is 8. The lowest BCUT2D eigenvalue weighted by Gasteiger charge is -2.32. The van der Waals surface area contributed by atoms with Gasteiger partial charge in [-0.15, -0.1) is 22.6 Å². The molecule has 3 aromatic heterocycles. The Bertz CT molecular complexity index is 1120. The van der Waals surface area contributed by atoms with Gasteiger partial charge < -0.3 is 29.4 Å². The zero-order valence-electron chi connectivity index (χ0n) is 18.7. The van der Waals surface area contributed by atoms with Gasteiger partial charge in [0.25, 0.3) is 5.91 Å². The van der Waals surface area contributed by atoms with Gasteiger partial charge in [-0.1, -0.05) is 0 Å². The number of halogens is 1. The summed E-state index contributed by atoms with van der Waals surface area (Å²) in [6.07, 6.45) is 4.31. The van der Waals surface area contributed by atoms with E-state index in [9.17, 15) is 4.79 Å². The van der Waals surface area contributed by atoms with Gasteiger partial charge in [0.1, 0.15) is 17.5 Å². The number of aromatic nitrogens is 4. The Hall–Kier alpha value is -2.95. The second-order valence-electron chi connectivity index (χ2n) is 8.33. The van der Waals surface area contributed by atoms with E-state index in [1.54, 1.807) is 18.3 Å². The second kappa shape index (κ2) is 9.90. The Balaban J connectivity index is 0.00000259. The van der Waals surface area contributed by atoms with E-state index in [1.807, 2.05) is 23.6 Å². The smallest absolute Gasteiger partial charge is 0.262 e. The summed E-state index contributed by atoms with van der Waals surface area (Å²) < 4.78 is 13.3. The van der Waals surface area contributed by atoms with Crippen LogP contribution >= 0.6 is 12.4 Å². The SMILES string of the molecule is Cc1cn2cc(C(=O)Nc3ccc(N4CCNC(C)C4)nn3)c(OC3CCOC3)cc2n1.Cl. The number of hydrogen-bond donors (Lipinski definition) is 2. The molecule has 176 valence electrons. The van der Waals surface area contributed by atoms with Crippen LogP contribution in [-0.4, -0.2) is 70.5 Å². The number of piperazine rings is 1. The van der Waals surface area contributed by atoms with Crippen LogP contribution < -0.4 is 20.3 Å². The van der Waals surface area contributed by atoms with Crippen molar-refractivity contribution < 1.29 is 14.3 Å². The van der Waals surface area contributed by atoms with Gasteiger partial charge in [-0.2, -0.15) is 0 Å². The molecule has 2 N–H and O–H groups in total. The fourth-order valence-corrected chi connectivity index (χ4v) is 4.08. The lowest BCUT2D eigenvalue weighted by atomic mass is 10.2. The summed E-state index contributed by atoms with van der Waals surface area (Å²) in [5.41, 5.74) is 1.99. The molecule has 33 heavy (non-hydrogen) atoms. The third kappa shape index (κ3) is 5.18. The van der Waals surface area contributed by atoms with Crippen molar-refractivity contribution in [2.45, 2.75) is 32.4 Å².